The summed E-state index contributed by atoms with van der Waals surface area (Å²) in [6.45, 7) is 5.24. The van der Waals surface area contributed by atoms with E-state index in [4.69, 9.17) is 0 Å². The van der Waals surface area contributed by atoms with E-state index in [1.807, 2.05) is 18.3 Å². The van der Waals surface area contributed by atoms with Gasteiger partial charge >= 0.3 is 0 Å². The molecular weight excluding hydrogens is 398 g/mol. The van der Waals surface area contributed by atoms with E-state index in [1.165, 1.54) is 0 Å². The Kier molecular flexibility index (Phi) is 5.03. The average Bonchev–Trinajstić information content (AvgIpc) is 3.34. The maximum Gasteiger partial charge on any atom is 0.255 e. The van der Waals surface area contributed by atoms with E-state index in [0.29, 0.717) is 18.5 Å². The van der Waals surface area contributed by atoms with Gasteiger partial charge in [-0.15, -0.1) is 5.10 Å². The van der Waals surface area contributed by atoms with Crippen LogP contribution >= 0.6 is 0 Å². The van der Waals surface area contributed by atoms with Crippen molar-refractivity contribution in [2.45, 2.75) is 32.0 Å². The zero-order chi connectivity index (χ0) is 21.5. The quantitative estimate of drug-likeness (QED) is 0.678. The number of fused-ring (bicyclic) bond motifs is 1. The van der Waals surface area contributed by atoms with E-state index in [-0.39, 0.29) is 18.2 Å². The molecule has 1 N–H and O–H groups in total. The molecule has 0 saturated carbocycles. The lowest BCUT2D eigenvalue weighted by Gasteiger charge is -2.31. The third kappa shape index (κ3) is 3.84. The first kappa shape index (κ1) is 19.8. The summed E-state index contributed by atoms with van der Waals surface area (Å²) >= 11 is 0. The first-order valence-corrected chi connectivity index (χ1v) is 10.6. The van der Waals surface area contributed by atoms with Crippen molar-refractivity contribution in [3.05, 3.63) is 41.2 Å². The summed E-state index contributed by atoms with van der Waals surface area (Å²) in [7, 11) is 2.13. The second kappa shape index (κ2) is 7.86. The van der Waals surface area contributed by atoms with Gasteiger partial charge < -0.3 is 9.80 Å². The monoisotopic (exact) mass is 423 g/mol. The largest absolute Gasteiger partial charge is 0.322 e. The van der Waals surface area contributed by atoms with Gasteiger partial charge in [0.2, 0.25) is 11.8 Å². The van der Waals surface area contributed by atoms with Crippen LogP contribution in [-0.4, -0.2) is 86.7 Å². The lowest BCUT2D eigenvalue weighted by molar-refractivity contribution is -0.136. The highest BCUT2D eigenvalue weighted by Crippen LogP contribution is 2.29. The number of amides is 3. The Balaban J connectivity index is 1.30. The van der Waals surface area contributed by atoms with Gasteiger partial charge in [0.25, 0.3) is 5.91 Å². The zero-order valence-corrected chi connectivity index (χ0v) is 17.5. The molecule has 1 unspecified atom stereocenters. The first-order chi connectivity index (χ1) is 15.0. The molecule has 1 atom stereocenters. The van der Waals surface area contributed by atoms with Gasteiger partial charge in [-0.1, -0.05) is 5.21 Å². The number of hydrogen-bond acceptors (Lipinski definition) is 7. The number of carbonyl (C=O) groups excluding carboxylic acids is 3. The molecule has 0 aliphatic carbocycles. The number of aromatic nitrogens is 3. The molecule has 0 radical (unpaired) electrons. The number of carbonyl (C=O) groups is 3. The van der Waals surface area contributed by atoms with E-state index in [2.05, 4.69) is 32.5 Å². The zero-order valence-electron chi connectivity index (χ0n) is 17.5. The molecule has 0 bridgehead atoms. The van der Waals surface area contributed by atoms with Gasteiger partial charge in [0.05, 0.1) is 17.6 Å². The Morgan fingerprint density at radius 2 is 1.94 bits per heavy atom. The van der Waals surface area contributed by atoms with Crippen molar-refractivity contribution in [3.63, 3.8) is 0 Å². The number of benzene rings is 1. The Bertz CT molecular complexity index is 1040. The Morgan fingerprint density at radius 3 is 2.71 bits per heavy atom. The fourth-order valence-electron chi connectivity index (χ4n) is 4.44. The molecule has 10 heteroatoms. The number of likely N-dealkylation sites (N-methyl/N-ethyl adjacent to an activating group) is 1. The molecule has 31 heavy (non-hydrogen) atoms. The predicted molar refractivity (Wildman–Crippen MR) is 110 cm³/mol. The first-order valence-electron chi connectivity index (χ1n) is 10.6. The second-order valence-electron chi connectivity index (χ2n) is 8.48. The third-order valence-electron chi connectivity index (χ3n) is 6.29. The van der Waals surface area contributed by atoms with Crippen molar-refractivity contribution in [3.8, 4) is 5.69 Å². The van der Waals surface area contributed by atoms with Crippen LogP contribution in [0.25, 0.3) is 5.69 Å². The van der Waals surface area contributed by atoms with Crippen LogP contribution in [0.2, 0.25) is 0 Å². The highest BCUT2D eigenvalue weighted by Gasteiger charge is 2.39. The molecule has 5 rings (SSSR count). The molecule has 1 aromatic carbocycles. The fourth-order valence-corrected chi connectivity index (χ4v) is 4.44. The van der Waals surface area contributed by atoms with E-state index in [0.717, 1.165) is 49.7 Å². The van der Waals surface area contributed by atoms with Crippen molar-refractivity contribution < 1.29 is 14.4 Å². The topological polar surface area (TPSA) is 104 Å². The van der Waals surface area contributed by atoms with Crippen molar-refractivity contribution in [1.29, 1.82) is 0 Å². The van der Waals surface area contributed by atoms with E-state index >= 15 is 0 Å². The van der Waals surface area contributed by atoms with Crippen molar-refractivity contribution >= 4 is 17.7 Å². The summed E-state index contributed by atoms with van der Waals surface area (Å²) in [6, 6.07) is 4.94. The Labute approximate surface area is 179 Å². The number of rotatable bonds is 4. The molecule has 4 heterocycles. The Morgan fingerprint density at radius 1 is 1.13 bits per heavy atom. The third-order valence-corrected chi connectivity index (χ3v) is 6.29. The molecule has 162 valence electrons. The van der Waals surface area contributed by atoms with Gasteiger partial charge in [0.15, 0.2) is 0 Å². The smallest absolute Gasteiger partial charge is 0.255 e. The molecule has 3 aliphatic heterocycles. The van der Waals surface area contributed by atoms with Crippen LogP contribution in [0, 0.1) is 0 Å². The minimum absolute atomic E-state index is 0.176. The summed E-state index contributed by atoms with van der Waals surface area (Å²) in [5, 5.41) is 10.9. The molecule has 2 aromatic rings. The van der Waals surface area contributed by atoms with Gasteiger partial charge in [-0.3, -0.25) is 24.6 Å². The predicted octanol–water partition coefficient (Wildman–Crippen LogP) is -0.224. The number of imide groups is 1. The van der Waals surface area contributed by atoms with E-state index < -0.39 is 11.9 Å². The Hall–Kier alpha value is -3.11. The van der Waals surface area contributed by atoms with Crippen LogP contribution in [0.5, 0.6) is 0 Å². The second-order valence-corrected chi connectivity index (χ2v) is 8.48. The van der Waals surface area contributed by atoms with Gasteiger partial charge in [-0.25, -0.2) is 4.68 Å². The molecule has 2 fully saturated rings. The molecule has 2 saturated heterocycles. The normalized spacial score (nSPS) is 22.7. The molecule has 3 amide bonds. The molecule has 1 aromatic heterocycles. The maximum atomic E-state index is 12.8. The van der Waals surface area contributed by atoms with Crippen molar-refractivity contribution in [1.82, 2.24) is 35.0 Å². The number of nitrogens with zero attached hydrogens (tertiary/aromatic N) is 6. The van der Waals surface area contributed by atoms with Crippen LogP contribution in [0.15, 0.2) is 24.4 Å². The van der Waals surface area contributed by atoms with Crippen LogP contribution in [0.4, 0.5) is 0 Å². The average molecular weight is 423 g/mol. The molecule has 10 nitrogen and oxygen atoms in total. The summed E-state index contributed by atoms with van der Waals surface area (Å²) in [5.41, 5.74) is 3.18. The van der Waals surface area contributed by atoms with Gasteiger partial charge in [0.1, 0.15) is 6.04 Å². The summed E-state index contributed by atoms with van der Waals surface area (Å²) < 4.78 is 1.73. The van der Waals surface area contributed by atoms with Crippen molar-refractivity contribution in [2.75, 3.05) is 33.2 Å². The van der Waals surface area contributed by atoms with Crippen LogP contribution in [-0.2, 0) is 22.7 Å². The minimum atomic E-state index is -0.609. The lowest BCUT2D eigenvalue weighted by Crippen LogP contribution is -2.52. The molecule has 3 aliphatic rings. The van der Waals surface area contributed by atoms with Crippen molar-refractivity contribution in [2.24, 2.45) is 0 Å². The summed E-state index contributed by atoms with van der Waals surface area (Å²) in [6.07, 6.45) is 2.53. The summed E-state index contributed by atoms with van der Waals surface area (Å²) in [4.78, 5) is 42.7. The number of nitrogens with one attached hydrogen (secondary N) is 1. The van der Waals surface area contributed by atoms with Crippen LogP contribution in [0.1, 0.15) is 34.5 Å². The maximum absolute atomic E-state index is 12.8. The highest BCUT2D eigenvalue weighted by atomic mass is 16.2. The minimum Gasteiger partial charge on any atom is -0.322 e. The number of hydrogen-bond donors (Lipinski definition) is 1. The number of piperidine rings is 1. The molecule has 0 spiro atoms. The SMILES string of the molecule is CN1CCN(Cc2cn(-c3ccc4c(c3)CN(C3CCC(=O)NC3=O)C4=O)nn2)CC1. The van der Waals surface area contributed by atoms with E-state index in [1.54, 1.807) is 15.6 Å². The van der Waals surface area contributed by atoms with Crippen LogP contribution < -0.4 is 5.32 Å². The van der Waals surface area contributed by atoms with E-state index in [9.17, 15) is 14.4 Å². The lowest BCUT2D eigenvalue weighted by atomic mass is 10.0. The standard InChI is InChI=1S/C21H25N7O3/c1-25-6-8-26(9-7-25)12-15-13-28(24-23-15)16-2-3-17-14(10-16)11-27(21(17)31)18-4-5-19(29)22-20(18)30/h2-3,10,13,18H,4-9,11-12H2,1H3,(H,22,29,30). The van der Waals surface area contributed by atoms with Gasteiger partial charge in [-0.2, -0.15) is 0 Å². The summed E-state index contributed by atoms with van der Waals surface area (Å²) in [5.74, 6) is -0.862. The molecular formula is C21H25N7O3. The van der Waals surface area contributed by atoms with Gasteiger partial charge in [0, 0.05) is 51.3 Å². The number of piperazine rings is 1. The van der Waals surface area contributed by atoms with Gasteiger partial charge in [-0.05, 0) is 37.2 Å². The van der Waals surface area contributed by atoms with Crippen LogP contribution in [0.3, 0.4) is 0 Å². The highest BCUT2D eigenvalue weighted by molar-refractivity contribution is 6.05. The fraction of sp³-hybridized carbons (Fsp3) is 0.476.